The fourth-order valence-corrected chi connectivity index (χ4v) is 4.01. The molecule has 2 aromatic carbocycles. The lowest BCUT2D eigenvalue weighted by molar-refractivity contribution is 0.602. The minimum atomic E-state index is -3.18. The van der Waals surface area contributed by atoms with E-state index in [1.807, 2.05) is 43.3 Å². The summed E-state index contributed by atoms with van der Waals surface area (Å²) in [4.78, 5) is 1.43. The molecule has 0 aliphatic carbocycles. The van der Waals surface area contributed by atoms with Gasteiger partial charge in [-0.2, -0.15) is 4.37 Å². The number of hydrogen-bond acceptors (Lipinski definition) is 4. The van der Waals surface area contributed by atoms with Crippen molar-refractivity contribution in [1.82, 2.24) is 4.37 Å². The SMILES string of the molecule is Cc1snc(-c2ccc(Br)cc2)c1-c1ccc(S(C)(=O)=O)cc1. The van der Waals surface area contributed by atoms with Gasteiger partial charge in [-0.3, -0.25) is 0 Å². The van der Waals surface area contributed by atoms with Gasteiger partial charge < -0.3 is 0 Å². The third kappa shape index (κ3) is 3.39. The van der Waals surface area contributed by atoms with Crippen LogP contribution < -0.4 is 0 Å². The number of halogens is 1. The lowest BCUT2D eigenvalue weighted by Gasteiger charge is -2.06. The predicted octanol–water partition coefficient (Wildman–Crippen LogP) is 4.95. The van der Waals surface area contributed by atoms with Crippen LogP contribution in [0.3, 0.4) is 0 Å². The summed E-state index contributed by atoms with van der Waals surface area (Å²) in [7, 11) is -3.18. The van der Waals surface area contributed by atoms with Crippen molar-refractivity contribution >= 4 is 37.3 Å². The molecule has 0 aliphatic rings. The number of aromatic nitrogens is 1. The van der Waals surface area contributed by atoms with Gasteiger partial charge >= 0.3 is 0 Å². The second-order valence-electron chi connectivity index (χ2n) is 5.27. The van der Waals surface area contributed by atoms with Crippen molar-refractivity contribution in [3.05, 3.63) is 57.9 Å². The average molecular weight is 408 g/mol. The van der Waals surface area contributed by atoms with E-state index >= 15 is 0 Å². The van der Waals surface area contributed by atoms with Crippen molar-refractivity contribution in [2.24, 2.45) is 0 Å². The molecule has 1 aromatic heterocycles. The molecule has 0 amide bonds. The number of hydrogen-bond donors (Lipinski definition) is 0. The first-order valence-corrected chi connectivity index (χ1v) is 10.3. The Labute approximate surface area is 148 Å². The van der Waals surface area contributed by atoms with Gasteiger partial charge in [-0.25, -0.2) is 8.42 Å². The van der Waals surface area contributed by atoms with Gasteiger partial charge in [-0.05, 0) is 48.3 Å². The maximum absolute atomic E-state index is 11.6. The van der Waals surface area contributed by atoms with Crippen LogP contribution in [0.4, 0.5) is 0 Å². The molecule has 0 unspecified atom stereocenters. The van der Waals surface area contributed by atoms with Gasteiger partial charge in [0.05, 0.1) is 10.6 Å². The molecule has 6 heteroatoms. The Morgan fingerprint density at radius 3 is 2.09 bits per heavy atom. The quantitative estimate of drug-likeness (QED) is 0.616. The van der Waals surface area contributed by atoms with Crippen LogP contribution in [0.5, 0.6) is 0 Å². The van der Waals surface area contributed by atoms with Crippen molar-refractivity contribution in [2.45, 2.75) is 11.8 Å². The lowest BCUT2D eigenvalue weighted by atomic mass is 10.00. The minimum Gasteiger partial charge on any atom is -0.224 e. The zero-order chi connectivity index (χ0) is 16.6. The van der Waals surface area contributed by atoms with E-state index in [1.165, 1.54) is 17.8 Å². The van der Waals surface area contributed by atoms with E-state index in [0.29, 0.717) is 4.90 Å². The van der Waals surface area contributed by atoms with Crippen LogP contribution in [0.15, 0.2) is 57.9 Å². The Bertz CT molecular complexity index is 943. The van der Waals surface area contributed by atoms with Gasteiger partial charge in [0.1, 0.15) is 0 Å². The van der Waals surface area contributed by atoms with Crippen LogP contribution >= 0.6 is 27.5 Å². The summed E-state index contributed by atoms with van der Waals surface area (Å²) in [5.41, 5.74) is 3.99. The van der Waals surface area contributed by atoms with Crippen molar-refractivity contribution in [3.8, 4) is 22.4 Å². The first-order chi connectivity index (χ1) is 10.9. The van der Waals surface area contributed by atoms with Gasteiger partial charge in [-0.1, -0.05) is 40.2 Å². The fraction of sp³-hybridized carbons (Fsp3) is 0.118. The van der Waals surface area contributed by atoms with Crippen molar-refractivity contribution in [2.75, 3.05) is 6.26 Å². The summed E-state index contributed by atoms with van der Waals surface area (Å²) in [5.74, 6) is 0. The Balaban J connectivity index is 2.10. The molecule has 3 rings (SSSR count). The summed E-state index contributed by atoms with van der Waals surface area (Å²) in [6.45, 7) is 2.03. The van der Waals surface area contributed by atoms with Gasteiger partial charge in [0.25, 0.3) is 0 Å². The molecule has 118 valence electrons. The molecule has 0 fully saturated rings. The smallest absolute Gasteiger partial charge is 0.175 e. The first kappa shape index (κ1) is 16.4. The number of aryl methyl sites for hydroxylation is 1. The van der Waals surface area contributed by atoms with E-state index in [1.54, 1.807) is 12.1 Å². The van der Waals surface area contributed by atoms with Crippen LogP contribution in [-0.2, 0) is 9.84 Å². The molecule has 0 aliphatic heterocycles. The molecule has 3 aromatic rings. The van der Waals surface area contributed by atoms with E-state index in [2.05, 4.69) is 20.3 Å². The molecular weight excluding hydrogens is 394 g/mol. The molecule has 0 saturated heterocycles. The van der Waals surface area contributed by atoms with Crippen molar-refractivity contribution < 1.29 is 8.42 Å². The third-order valence-electron chi connectivity index (χ3n) is 3.55. The van der Waals surface area contributed by atoms with Crippen LogP contribution in [0.2, 0.25) is 0 Å². The fourth-order valence-electron chi connectivity index (χ4n) is 2.39. The summed E-state index contributed by atoms with van der Waals surface area (Å²) < 4.78 is 28.8. The van der Waals surface area contributed by atoms with E-state index in [9.17, 15) is 8.42 Å². The zero-order valence-corrected chi connectivity index (χ0v) is 15.8. The molecule has 3 nitrogen and oxygen atoms in total. The molecule has 0 spiro atoms. The second kappa shape index (κ2) is 6.19. The van der Waals surface area contributed by atoms with E-state index in [0.717, 1.165) is 31.7 Å². The van der Waals surface area contributed by atoms with Crippen LogP contribution in [0.25, 0.3) is 22.4 Å². The second-order valence-corrected chi connectivity index (χ2v) is 9.17. The summed E-state index contributed by atoms with van der Waals surface area (Å²) >= 11 is 4.89. The largest absolute Gasteiger partial charge is 0.224 e. The zero-order valence-electron chi connectivity index (χ0n) is 12.6. The lowest BCUT2D eigenvalue weighted by Crippen LogP contribution is -1.96. The molecule has 0 N–H and O–H groups in total. The molecule has 1 heterocycles. The average Bonchev–Trinajstić information content (AvgIpc) is 2.89. The Hall–Kier alpha value is -1.50. The third-order valence-corrected chi connectivity index (χ3v) is 5.96. The van der Waals surface area contributed by atoms with Gasteiger partial charge in [0, 0.05) is 26.7 Å². The minimum absolute atomic E-state index is 0.326. The Morgan fingerprint density at radius 1 is 0.957 bits per heavy atom. The van der Waals surface area contributed by atoms with E-state index in [-0.39, 0.29) is 0 Å². The van der Waals surface area contributed by atoms with E-state index < -0.39 is 9.84 Å². The van der Waals surface area contributed by atoms with E-state index in [4.69, 9.17) is 0 Å². The molecule has 0 atom stereocenters. The summed E-state index contributed by atoms with van der Waals surface area (Å²) in [6, 6.07) is 15.0. The number of nitrogens with zero attached hydrogens (tertiary/aromatic N) is 1. The molecule has 0 bridgehead atoms. The summed E-state index contributed by atoms with van der Waals surface area (Å²) in [6.07, 6.45) is 1.21. The number of benzene rings is 2. The highest BCUT2D eigenvalue weighted by atomic mass is 79.9. The number of sulfone groups is 1. The van der Waals surface area contributed by atoms with Crippen LogP contribution in [0, 0.1) is 6.92 Å². The highest BCUT2D eigenvalue weighted by molar-refractivity contribution is 9.10. The highest BCUT2D eigenvalue weighted by Gasteiger charge is 2.15. The molecular formula is C17H14BrNO2S2. The molecule has 0 saturated carbocycles. The van der Waals surface area contributed by atoms with Gasteiger partial charge in [0.2, 0.25) is 0 Å². The monoisotopic (exact) mass is 407 g/mol. The standard InChI is InChI=1S/C17H14BrNO2S2/c1-11-16(12-5-9-15(10-6-12)23(2,20)21)17(19-22-11)13-3-7-14(18)8-4-13/h3-10H,1-2H3. The van der Waals surface area contributed by atoms with Crippen molar-refractivity contribution in [3.63, 3.8) is 0 Å². The Morgan fingerprint density at radius 2 is 1.52 bits per heavy atom. The maximum Gasteiger partial charge on any atom is 0.175 e. The molecule has 0 radical (unpaired) electrons. The van der Waals surface area contributed by atoms with Crippen LogP contribution in [0.1, 0.15) is 4.88 Å². The maximum atomic E-state index is 11.6. The Kier molecular flexibility index (Phi) is 4.40. The highest BCUT2D eigenvalue weighted by Crippen LogP contribution is 2.37. The van der Waals surface area contributed by atoms with Gasteiger partial charge in [-0.15, -0.1) is 0 Å². The van der Waals surface area contributed by atoms with Crippen molar-refractivity contribution in [1.29, 1.82) is 0 Å². The topological polar surface area (TPSA) is 47.0 Å². The normalized spacial score (nSPS) is 11.6. The number of rotatable bonds is 3. The first-order valence-electron chi connectivity index (χ1n) is 6.89. The molecule has 23 heavy (non-hydrogen) atoms. The predicted molar refractivity (Wildman–Crippen MR) is 98.5 cm³/mol. The summed E-state index contributed by atoms with van der Waals surface area (Å²) in [5, 5.41) is 0. The van der Waals surface area contributed by atoms with Gasteiger partial charge in [0.15, 0.2) is 9.84 Å². The van der Waals surface area contributed by atoms with Crippen LogP contribution in [-0.4, -0.2) is 19.0 Å².